The Hall–Kier alpha value is -3.00. The number of rotatable bonds is 5. The van der Waals surface area contributed by atoms with Crippen molar-refractivity contribution >= 4 is 34.4 Å². The summed E-state index contributed by atoms with van der Waals surface area (Å²) in [6.45, 7) is 1.66. The summed E-state index contributed by atoms with van der Waals surface area (Å²) >= 11 is 6.34. The molecule has 0 aliphatic heterocycles. The van der Waals surface area contributed by atoms with Crippen molar-refractivity contribution in [2.24, 2.45) is 5.92 Å². The molecule has 1 saturated carbocycles. The molecule has 0 amide bonds. The summed E-state index contributed by atoms with van der Waals surface area (Å²) in [7, 11) is 1.44. The van der Waals surface area contributed by atoms with Crippen molar-refractivity contribution in [3.63, 3.8) is 0 Å². The van der Waals surface area contributed by atoms with Gasteiger partial charge in [-0.3, -0.25) is 14.2 Å². The molecule has 4 rings (SSSR count). The lowest BCUT2D eigenvalue weighted by atomic mass is 9.83. The highest BCUT2D eigenvalue weighted by atomic mass is 35.5. The fraction of sp³-hybridized carbons (Fsp3) is 0.360. The first-order valence-corrected chi connectivity index (χ1v) is 11.3. The predicted octanol–water partition coefficient (Wildman–Crippen LogP) is 6.68. The largest absolute Gasteiger partial charge is 0.495 e. The lowest BCUT2D eigenvalue weighted by Gasteiger charge is -2.20. The molecule has 0 radical (unpaired) electrons. The minimum absolute atomic E-state index is 0.0410. The molecule has 0 bridgehead atoms. The van der Waals surface area contributed by atoms with Crippen LogP contribution in [0, 0.1) is 12.8 Å². The van der Waals surface area contributed by atoms with Crippen LogP contribution in [0.1, 0.15) is 58.8 Å². The summed E-state index contributed by atoms with van der Waals surface area (Å²) in [6, 6.07) is 7.09. The average Bonchev–Trinajstić information content (AvgIpc) is 3.39. The van der Waals surface area contributed by atoms with Crippen LogP contribution in [0.5, 0.6) is 5.75 Å². The SMILES string of the molecule is COc1cc2c(C(C(=O)O)C3CCCC3)c(C)n(C(=O)c3ccc(C(F)(F)F)cc3)c2cc1Cl. The van der Waals surface area contributed by atoms with E-state index in [1.54, 1.807) is 13.0 Å². The smallest absolute Gasteiger partial charge is 0.416 e. The fourth-order valence-corrected chi connectivity index (χ4v) is 5.27. The number of carboxylic acids is 1. The van der Waals surface area contributed by atoms with Gasteiger partial charge in [-0.05, 0) is 67.6 Å². The summed E-state index contributed by atoms with van der Waals surface area (Å²) < 4.78 is 45.6. The van der Waals surface area contributed by atoms with Gasteiger partial charge in [-0.15, -0.1) is 0 Å². The molecule has 1 N–H and O–H groups in total. The summed E-state index contributed by atoms with van der Waals surface area (Å²) in [6.07, 6.45) is -1.12. The third-order valence-corrected chi connectivity index (χ3v) is 6.93. The van der Waals surface area contributed by atoms with Crippen molar-refractivity contribution in [1.82, 2.24) is 4.57 Å². The van der Waals surface area contributed by atoms with Gasteiger partial charge < -0.3 is 9.84 Å². The second kappa shape index (κ2) is 8.98. The molecule has 2 aromatic carbocycles. The van der Waals surface area contributed by atoms with Gasteiger partial charge in [0.2, 0.25) is 0 Å². The number of methoxy groups -OCH3 is 1. The number of carboxylic acid groups (broad SMARTS) is 1. The van der Waals surface area contributed by atoms with Crippen molar-refractivity contribution in [3.05, 3.63) is 63.8 Å². The molecule has 3 aromatic rings. The van der Waals surface area contributed by atoms with Crippen LogP contribution in [0.25, 0.3) is 10.9 Å². The van der Waals surface area contributed by atoms with E-state index < -0.39 is 29.5 Å². The summed E-state index contributed by atoms with van der Waals surface area (Å²) in [4.78, 5) is 25.9. The zero-order chi connectivity index (χ0) is 24.8. The first-order chi connectivity index (χ1) is 16.0. The van der Waals surface area contributed by atoms with Gasteiger partial charge in [0.05, 0.1) is 29.1 Å². The monoisotopic (exact) mass is 493 g/mol. The van der Waals surface area contributed by atoms with Gasteiger partial charge in [-0.1, -0.05) is 24.4 Å². The van der Waals surface area contributed by atoms with E-state index in [1.165, 1.54) is 17.7 Å². The number of aliphatic carboxylic acids is 1. The van der Waals surface area contributed by atoms with Crippen LogP contribution in [0.4, 0.5) is 13.2 Å². The maximum absolute atomic E-state index is 13.5. The second-order valence-electron chi connectivity index (χ2n) is 8.58. The molecule has 1 aliphatic rings. The molecule has 180 valence electrons. The minimum Gasteiger partial charge on any atom is -0.495 e. The number of ether oxygens (including phenoxy) is 1. The van der Waals surface area contributed by atoms with Crippen LogP contribution in [0.15, 0.2) is 36.4 Å². The highest BCUT2D eigenvalue weighted by Gasteiger charge is 2.37. The number of hydrogen-bond donors (Lipinski definition) is 1. The zero-order valence-electron chi connectivity index (χ0n) is 18.6. The molecular formula is C25H23ClF3NO4. The van der Waals surface area contributed by atoms with Crippen molar-refractivity contribution in [3.8, 4) is 5.75 Å². The zero-order valence-corrected chi connectivity index (χ0v) is 19.3. The van der Waals surface area contributed by atoms with E-state index in [0.29, 0.717) is 27.9 Å². The summed E-state index contributed by atoms with van der Waals surface area (Å²) in [5, 5.41) is 10.9. The van der Waals surface area contributed by atoms with Gasteiger partial charge in [-0.2, -0.15) is 13.2 Å². The quantitative estimate of drug-likeness (QED) is 0.430. The number of hydrogen-bond acceptors (Lipinski definition) is 3. The van der Waals surface area contributed by atoms with Crippen LogP contribution in [-0.2, 0) is 11.0 Å². The van der Waals surface area contributed by atoms with E-state index in [0.717, 1.165) is 49.9 Å². The second-order valence-corrected chi connectivity index (χ2v) is 8.99. The van der Waals surface area contributed by atoms with E-state index in [4.69, 9.17) is 16.3 Å². The maximum Gasteiger partial charge on any atom is 0.416 e. The van der Waals surface area contributed by atoms with Gasteiger partial charge >= 0.3 is 12.1 Å². The van der Waals surface area contributed by atoms with Crippen molar-refractivity contribution in [2.45, 2.75) is 44.7 Å². The van der Waals surface area contributed by atoms with Crippen molar-refractivity contribution in [1.29, 1.82) is 0 Å². The number of aromatic nitrogens is 1. The van der Waals surface area contributed by atoms with E-state index in [2.05, 4.69) is 0 Å². The Kier molecular flexibility index (Phi) is 6.38. The highest BCUT2D eigenvalue weighted by molar-refractivity contribution is 6.33. The Balaban J connectivity index is 1.93. The molecule has 1 fully saturated rings. The van der Waals surface area contributed by atoms with Crippen molar-refractivity contribution in [2.75, 3.05) is 7.11 Å². The van der Waals surface area contributed by atoms with Crippen LogP contribution >= 0.6 is 11.6 Å². The third-order valence-electron chi connectivity index (χ3n) is 6.64. The Morgan fingerprint density at radius 3 is 2.29 bits per heavy atom. The summed E-state index contributed by atoms with van der Waals surface area (Å²) in [5.41, 5.74) is 0.485. The van der Waals surface area contributed by atoms with Gasteiger partial charge in [0.25, 0.3) is 5.91 Å². The standard InChI is InChI=1S/C25H23ClF3NO4/c1-13-21(22(24(32)33)14-5-3-4-6-14)17-11-20(34-2)18(26)12-19(17)30(13)23(31)15-7-9-16(10-8-15)25(27,28)29/h7-12,14,22H,3-6H2,1-2H3,(H,32,33). The number of carbonyl (C=O) groups is 2. The van der Waals surface area contributed by atoms with Crippen molar-refractivity contribution < 1.29 is 32.6 Å². The minimum atomic E-state index is -4.52. The highest BCUT2D eigenvalue weighted by Crippen LogP contribution is 2.44. The number of nitrogens with zero attached hydrogens (tertiary/aromatic N) is 1. The Morgan fingerprint density at radius 2 is 1.76 bits per heavy atom. The molecule has 0 spiro atoms. The molecular weight excluding hydrogens is 471 g/mol. The van der Waals surface area contributed by atoms with E-state index >= 15 is 0 Å². The van der Waals surface area contributed by atoms with E-state index in [1.807, 2.05) is 0 Å². The van der Waals surface area contributed by atoms with Gasteiger partial charge in [0, 0.05) is 16.6 Å². The molecule has 1 unspecified atom stereocenters. The van der Waals surface area contributed by atoms with E-state index in [-0.39, 0.29) is 16.5 Å². The Morgan fingerprint density at radius 1 is 1.15 bits per heavy atom. The molecule has 0 saturated heterocycles. The number of fused-ring (bicyclic) bond motifs is 1. The third kappa shape index (κ3) is 4.15. The number of alkyl halides is 3. The fourth-order valence-electron chi connectivity index (χ4n) is 5.03. The van der Waals surface area contributed by atoms with Crippen LogP contribution in [0.3, 0.4) is 0 Å². The molecule has 34 heavy (non-hydrogen) atoms. The number of halogens is 4. The Labute approximate surface area is 199 Å². The number of benzene rings is 2. The van der Waals surface area contributed by atoms with Crippen LogP contribution < -0.4 is 4.74 Å². The molecule has 1 aromatic heterocycles. The lowest BCUT2D eigenvalue weighted by Crippen LogP contribution is -2.21. The average molecular weight is 494 g/mol. The number of carbonyl (C=O) groups excluding carboxylic acids is 1. The topological polar surface area (TPSA) is 68.5 Å². The lowest BCUT2D eigenvalue weighted by molar-refractivity contribution is -0.140. The Bertz CT molecular complexity index is 1260. The molecule has 1 atom stereocenters. The van der Waals surface area contributed by atoms with Gasteiger partial charge in [0.1, 0.15) is 5.75 Å². The molecule has 5 nitrogen and oxygen atoms in total. The normalized spacial score (nSPS) is 15.6. The first-order valence-electron chi connectivity index (χ1n) is 10.9. The molecule has 1 aliphatic carbocycles. The van der Waals surface area contributed by atoms with E-state index in [9.17, 15) is 27.9 Å². The summed E-state index contributed by atoms with van der Waals surface area (Å²) in [5.74, 6) is -2.13. The van der Waals surface area contributed by atoms with Crippen LogP contribution in [-0.4, -0.2) is 28.7 Å². The van der Waals surface area contributed by atoms with Gasteiger partial charge in [0.15, 0.2) is 0 Å². The first kappa shape index (κ1) is 24.1. The maximum atomic E-state index is 13.5. The molecule has 1 heterocycles. The van der Waals surface area contributed by atoms with Gasteiger partial charge in [-0.25, -0.2) is 0 Å². The molecule has 9 heteroatoms. The predicted molar refractivity (Wildman–Crippen MR) is 122 cm³/mol. The van der Waals surface area contributed by atoms with Crippen LogP contribution in [0.2, 0.25) is 5.02 Å².